The Hall–Kier alpha value is -2.42. The standard InChI is InChI=1S/C19H17IO6/c1-22-14-6-5-10-17(21)12(9-26-18(10)19(14)25-4)11-7-15(23-2)16(24-3)8-13(11)20/h5-9H,1-4H3. The molecule has 0 amide bonds. The van der Waals surface area contributed by atoms with Crippen molar-refractivity contribution in [3.63, 3.8) is 0 Å². The molecule has 3 rings (SSSR count). The first kappa shape index (κ1) is 18.4. The highest BCUT2D eigenvalue weighted by Gasteiger charge is 2.19. The van der Waals surface area contributed by atoms with E-state index in [1.165, 1.54) is 20.5 Å². The number of ether oxygens (including phenoxy) is 4. The first-order valence-electron chi connectivity index (χ1n) is 7.64. The summed E-state index contributed by atoms with van der Waals surface area (Å²) in [5.74, 6) is 2.01. The molecule has 0 aliphatic rings. The Bertz CT molecular complexity index is 1020. The zero-order chi connectivity index (χ0) is 18.8. The van der Waals surface area contributed by atoms with E-state index in [0.29, 0.717) is 45.1 Å². The van der Waals surface area contributed by atoms with E-state index in [9.17, 15) is 4.79 Å². The Morgan fingerprint density at radius 1 is 0.846 bits per heavy atom. The van der Waals surface area contributed by atoms with Crippen molar-refractivity contribution in [2.24, 2.45) is 0 Å². The normalized spacial score (nSPS) is 10.7. The van der Waals surface area contributed by atoms with E-state index in [2.05, 4.69) is 22.6 Å². The molecule has 0 saturated carbocycles. The molecule has 1 heterocycles. The fourth-order valence-electron chi connectivity index (χ4n) is 2.76. The summed E-state index contributed by atoms with van der Waals surface area (Å²) < 4.78 is 27.8. The lowest BCUT2D eigenvalue weighted by Crippen LogP contribution is -2.07. The second kappa shape index (κ2) is 7.45. The molecule has 3 aromatic rings. The number of fused-ring (bicyclic) bond motifs is 1. The molecule has 0 fully saturated rings. The van der Waals surface area contributed by atoms with Gasteiger partial charge in [-0.1, -0.05) is 0 Å². The summed E-state index contributed by atoms with van der Waals surface area (Å²) in [7, 11) is 6.15. The van der Waals surface area contributed by atoms with E-state index in [1.54, 1.807) is 32.4 Å². The van der Waals surface area contributed by atoms with Gasteiger partial charge in [-0.15, -0.1) is 0 Å². The minimum atomic E-state index is -0.169. The average Bonchev–Trinajstić information content (AvgIpc) is 2.67. The first-order valence-corrected chi connectivity index (χ1v) is 8.72. The van der Waals surface area contributed by atoms with Crippen molar-refractivity contribution in [3.05, 3.63) is 44.3 Å². The Balaban J connectivity index is 2.28. The molecule has 0 aliphatic carbocycles. The molecule has 2 aromatic carbocycles. The van der Waals surface area contributed by atoms with Crippen molar-refractivity contribution in [2.75, 3.05) is 28.4 Å². The van der Waals surface area contributed by atoms with Gasteiger partial charge in [0, 0.05) is 9.13 Å². The average molecular weight is 468 g/mol. The third-order valence-electron chi connectivity index (χ3n) is 4.05. The van der Waals surface area contributed by atoms with Gasteiger partial charge in [0.1, 0.15) is 6.26 Å². The van der Waals surface area contributed by atoms with Crippen LogP contribution >= 0.6 is 22.6 Å². The van der Waals surface area contributed by atoms with Crippen LogP contribution in [-0.4, -0.2) is 28.4 Å². The van der Waals surface area contributed by atoms with E-state index in [-0.39, 0.29) is 5.43 Å². The molecule has 0 saturated heterocycles. The lowest BCUT2D eigenvalue weighted by atomic mass is 10.0. The molecule has 0 aliphatic heterocycles. The van der Waals surface area contributed by atoms with Gasteiger partial charge in [-0.3, -0.25) is 4.79 Å². The molecular weight excluding hydrogens is 451 g/mol. The van der Waals surface area contributed by atoms with Gasteiger partial charge < -0.3 is 23.4 Å². The number of benzene rings is 2. The minimum absolute atomic E-state index is 0.169. The zero-order valence-electron chi connectivity index (χ0n) is 14.7. The largest absolute Gasteiger partial charge is 0.493 e. The molecule has 0 spiro atoms. The topological polar surface area (TPSA) is 67.1 Å². The second-order valence-corrected chi connectivity index (χ2v) is 6.51. The third kappa shape index (κ3) is 2.96. The smallest absolute Gasteiger partial charge is 0.204 e. The van der Waals surface area contributed by atoms with Crippen molar-refractivity contribution in [1.29, 1.82) is 0 Å². The van der Waals surface area contributed by atoms with Crippen LogP contribution in [0, 0.1) is 3.57 Å². The van der Waals surface area contributed by atoms with E-state index in [4.69, 9.17) is 23.4 Å². The van der Waals surface area contributed by atoms with Crippen LogP contribution in [0.15, 0.2) is 39.7 Å². The van der Waals surface area contributed by atoms with Crippen LogP contribution in [0.3, 0.4) is 0 Å². The van der Waals surface area contributed by atoms with Crippen LogP contribution in [-0.2, 0) is 0 Å². The Morgan fingerprint density at radius 3 is 2.12 bits per heavy atom. The summed E-state index contributed by atoms with van der Waals surface area (Å²) in [4.78, 5) is 13.1. The molecule has 0 bridgehead atoms. The molecule has 136 valence electrons. The van der Waals surface area contributed by atoms with Gasteiger partial charge in [0.25, 0.3) is 0 Å². The molecule has 0 atom stereocenters. The van der Waals surface area contributed by atoms with Gasteiger partial charge >= 0.3 is 0 Å². The van der Waals surface area contributed by atoms with Crippen molar-refractivity contribution in [1.82, 2.24) is 0 Å². The molecular formula is C19H17IO6. The van der Waals surface area contributed by atoms with Gasteiger partial charge in [-0.25, -0.2) is 0 Å². The molecule has 0 unspecified atom stereocenters. The second-order valence-electron chi connectivity index (χ2n) is 5.34. The first-order chi connectivity index (χ1) is 12.5. The maximum absolute atomic E-state index is 13.1. The lowest BCUT2D eigenvalue weighted by molar-refractivity contribution is 0.353. The Kier molecular flexibility index (Phi) is 5.26. The van der Waals surface area contributed by atoms with Crippen LogP contribution in [0.2, 0.25) is 0 Å². The summed E-state index contributed by atoms with van der Waals surface area (Å²) in [6.07, 6.45) is 1.43. The molecule has 0 radical (unpaired) electrons. The van der Waals surface area contributed by atoms with Crippen molar-refractivity contribution in [3.8, 4) is 34.1 Å². The van der Waals surface area contributed by atoms with Gasteiger partial charge in [0.2, 0.25) is 11.2 Å². The van der Waals surface area contributed by atoms with Crippen LogP contribution in [0.4, 0.5) is 0 Å². The quantitative estimate of drug-likeness (QED) is 0.526. The molecule has 0 N–H and O–H groups in total. The summed E-state index contributed by atoms with van der Waals surface area (Å²) in [5.41, 5.74) is 1.30. The summed E-state index contributed by atoms with van der Waals surface area (Å²) >= 11 is 2.15. The summed E-state index contributed by atoms with van der Waals surface area (Å²) in [6.45, 7) is 0. The van der Waals surface area contributed by atoms with E-state index in [1.807, 2.05) is 6.07 Å². The predicted molar refractivity (Wildman–Crippen MR) is 107 cm³/mol. The number of methoxy groups -OCH3 is 4. The van der Waals surface area contributed by atoms with Crippen molar-refractivity contribution >= 4 is 33.6 Å². The highest BCUT2D eigenvalue weighted by atomic mass is 127. The van der Waals surface area contributed by atoms with Crippen LogP contribution in [0.1, 0.15) is 0 Å². The van der Waals surface area contributed by atoms with Crippen LogP contribution < -0.4 is 24.4 Å². The van der Waals surface area contributed by atoms with Gasteiger partial charge in [-0.2, -0.15) is 0 Å². The predicted octanol–water partition coefficient (Wildman–Crippen LogP) is 4.10. The Morgan fingerprint density at radius 2 is 1.50 bits per heavy atom. The lowest BCUT2D eigenvalue weighted by Gasteiger charge is -2.13. The van der Waals surface area contributed by atoms with Crippen molar-refractivity contribution in [2.45, 2.75) is 0 Å². The number of rotatable bonds is 5. The number of halogens is 1. The maximum atomic E-state index is 13.1. The van der Waals surface area contributed by atoms with Crippen LogP contribution in [0.25, 0.3) is 22.1 Å². The summed E-state index contributed by atoms with van der Waals surface area (Å²) in [6, 6.07) is 6.92. The van der Waals surface area contributed by atoms with Gasteiger partial charge in [0.15, 0.2) is 22.8 Å². The monoisotopic (exact) mass is 468 g/mol. The van der Waals surface area contributed by atoms with Gasteiger partial charge in [0.05, 0.1) is 39.4 Å². The third-order valence-corrected chi connectivity index (χ3v) is 4.94. The zero-order valence-corrected chi connectivity index (χ0v) is 16.9. The maximum Gasteiger partial charge on any atom is 0.204 e. The van der Waals surface area contributed by atoms with Gasteiger partial charge in [-0.05, 0) is 46.9 Å². The van der Waals surface area contributed by atoms with E-state index in [0.717, 1.165) is 3.57 Å². The summed E-state index contributed by atoms with van der Waals surface area (Å²) in [5, 5.41) is 0.408. The highest BCUT2D eigenvalue weighted by Crippen LogP contribution is 2.38. The van der Waals surface area contributed by atoms with Crippen LogP contribution in [0.5, 0.6) is 23.0 Å². The molecule has 26 heavy (non-hydrogen) atoms. The van der Waals surface area contributed by atoms with E-state index < -0.39 is 0 Å². The minimum Gasteiger partial charge on any atom is -0.493 e. The molecule has 1 aromatic heterocycles. The molecule has 7 heteroatoms. The Labute approximate surface area is 163 Å². The fourth-order valence-corrected chi connectivity index (χ4v) is 3.49. The number of hydrogen-bond acceptors (Lipinski definition) is 6. The SMILES string of the molecule is COc1cc(I)c(-c2coc3c(OC)c(OC)ccc3c2=O)cc1OC. The number of hydrogen-bond donors (Lipinski definition) is 0. The fraction of sp³-hybridized carbons (Fsp3) is 0.211. The highest BCUT2D eigenvalue weighted by molar-refractivity contribution is 14.1. The van der Waals surface area contributed by atoms with Crippen molar-refractivity contribution < 1.29 is 23.4 Å². The van der Waals surface area contributed by atoms with E-state index >= 15 is 0 Å². The molecule has 6 nitrogen and oxygen atoms in total.